The molecule has 29 heavy (non-hydrogen) atoms. The van der Waals surface area contributed by atoms with Gasteiger partial charge in [0.05, 0.1) is 28.6 Å². The Morgan fingerprint density at radius 2 is 1.90 bits per heavy atom. The average molecular weight is 469 g/mol. The zero-order valence-electron chi connectivity index (χ0n) is 14.5. The molecule has 0 saturated carbocycles. The van der Waals surface area contributed by atoms with Crippen molar-refractivity contribution in [2.45, 2.75) is 6.18 Å². The second-order valence-corrected chi connectivity index (χ2v) is 6.76. The van der Waals surface area contributed by atoms with E-state index in [4.69, 9.17) is 9.84 Å². The molecule has 3 aromatic rings. The van der Waals surface area contributed by atoms with Crippen molar-refractivity contribution in [1.29, 1.82) is 0 Å². The summed E-state index contributed by atoms with van der Waals surface area (Å²) < 4.78 is 46.3. The predicted molar refractivity (Wildman–Crippen MR) is 99.3 cm³/mol. The summed E-state index contributed by atoms with van der Waals surface area (Å²) in [4.78, 5) is 23.6. The van der Waals surface area contributed by atoms with Gasteiger partial charge in [-0.05, 0) is 30.3 Å². The number of benzene rings is 2. The first-order chi connectivity index (χ1) is 13.7. The van der Waals surface area contributed by atoms with Crippen molar-refractivity contribution in [3.05, 3.63) is 76.0 Å². The van der Waals surface area contributed by atoms with E-state index in [1.165, 1.54) is 36.5 Å². The van der Waals surface area contributed by atoms with Crippen LogP contribution in [0.25, 0.3) is 5.69 Å². The van der Waals surface area contributed by atoms with Gasteiger partial charge in [-0.15, -0.1) is 0 Å². The van der Waals surface area contributed by atoms with Gasteiger partial charge in [0.2, 0.25) is 0 Å². The van der Waals surface area contributed by atoms with Crippen molar-refractivity contribution in [2.75, 3.05) is 6.61 Å². The number of aromatic nitrogens is 2. The predicted octanol–water partition coefficient (Wildman–Crippen LogP) is 4.35. The number of carboxylic acid groups (broad SMARTS) is 1. The summed E-state index contributed by atoms with van der Waals surface area (Å²) in [7, 11) is 0. The number of carbonyl (C=O) groups is 2. The maximum Gasteiger partial charge on any atom is 0.418 e. The number of nitrogens with zero attached hydrogens (tertiary/aromatic N) is 2. The Morgan fingerprint density at radius 3 is 2.59 bits per heavy atom. The van der Waals surface area contributed by atoms with Gasteiger partial charge < -0.3 is 9.84 Å². The van der Waals surface area contributed by atoms with Crippen LogP contribution in [0.2, 0.25) is 0 Å². The van der Waals surface area contributed by atoms with E-state index in [2.05, 4.69) is 21.0 Å². The number of halogens is 4. The first-order valence-electron chi connectivity index (χ1n) is 8.07. The maximum absolute atomic E-state index is 13.2. The van der Waals surface area contributed by atoms with Crippen LogP contribution in [0.1, 0.15) is 21.5 Å². The third kappa shape index (κ3) is 4.65. The van der Waals surface area contributed by atoms with Crippen molar-refractivity contribution >= 4 is 27.7 Å². The molecule has 150 valence electrons. The Morgan fingerprint density at radius 1 is 1.17 bits per heavy atom. The minimum atomic E-state index is -4.59. The smallest absolute Gasteiger partial charge is 0.418 e. The summed E-state index contributed by atoms with van der Waals surface area (Å²) in [5, 5.41) is 12.7. The van der Waals surface area contributed by atoms with Crippen LogP contribution in [-0.4, -0.2) is 33.2 Å². The van der Waals surface area contributed by atoms with Crippen LogP contribution in [0.4, 0.5) is 13.2 Å². The molecule has 0 spiro atoms. The van der Waals surface area contributed by atoms with Crippen LogP contribution in [0.3, 0.4) is 0 Å². The average Bonchev–Trinajstić information content (AvgIpc) is 3.15. The number of ether oxygens (including phenoxy) is 1. The Hall–Kier alpha value is -3.14. The molecule has 3 rings (SSSR count). The van der Waals surface area contributed by atoms with Gasteiger partial charge in [-0.1, -0.05) is 28.1 Å². The molecule has 1 heterocycles. The fourth-order valence-corrected chi connectivity index (χ4v) is 2.95. The number of carboxylic acids is 1. The molecule has 0 amide bonds. The van der Waals surface area contributed by atoms with Crippen molar-refractivity contribution in [2.24, 2.45) is 0 Å². The third-order valence-electron chi connectivity index (χ3n) is 3.84. The molecule has 1 N–H and O–H groups in total. The highest BCUT2D eigenvalue weighted by Crippen LogP contribution is 2.33. The number of hydrogen-bond acceptors (Lipinski definition) is 4. The Balaban J connectivity index is 1.98. The largest absolute Gasteiger partial charge is 0.481 e. The molecular formula is C19H12BrF3N2O4. The van der Waals surface area contributed by atoms with E-state index in [9.17, 15) is 22.8 Å². The summed E-state index contributed by atoms with van der Waals surface area (Å²) in [6, 6.07) is 9.27. The molecule has 0 saturated heterocycles. The molecule has 2 aromatic carbocycles. The van der Waals surface area contributed by atoms with E-state index in [1.54, 1.807) is 6.07 Å². The lowest BCUT2D eigenvalue weighted by molar-refractivity contribution is -0.139. The van der Waals surface area contributed by atoms with Crippen LogP contribution in [0.15, 0.2) is 59.3 Å². The van der Waals surface area contributed by atoms with E-state index in [0.29, 0.717) is 4.47 Å². The van der Waals surface area contributed by atoms with Gasteiger partial charge in [0.15, 0.2) is 12.4 Å². The van der Waals surface area contributed by atoms with E-state index >= 15 is 0 Å². The molecular weight excluding hydrogens is 457 g/mol. The topological polar surface area (TPSA) is 81.4 Å². The second-order valence-electron chi connectivity index (χ2n) is 5.84. The van der Waals surface area contributed by atoms with Crippen molar-refractivity contribution < 1.29 is 32.6 Å². The summed E-state index contributed by atoms with van der Waals surface area (Å²) in [6.45, 7) is -0.653. The van der Waals surface area contributed by atoms with Gasteiger partial charge >= 0.3 is 12.1 Å². The molecule has 6 nitrogen and oxygen atoms in total. The molecule has 1 aromatic heterocycles. The number of aliphatic carboxylic acids is 1. The molecule has 0 aliphatic carbocycles. The summed E-state index contributed by atoms with van der Waals surface area (Å²) in [6.07, 6.45) is -2.28. The molecule has 0 bridgehead atoms. The van der Waals surface area contributed by atoms with E-state index in [0.717, 1.165) is 16.9 Å². The molecule has 0 fully saturated rings. The Bertz CT molecular complexity index is 1080. The van der Waals surface area contributed by atoms with Gasteiger partial charge in [-0.2, -0.15) is 18.3 Å². The number of para-hydroxylation sites is 1. The van der Waals surface area contributed by atoms with Crippen LogP contribution < -0.4 is 4.74 Å². The molecule has 0 atom stereocenters. The van der Waals surface area contributed by atoms with Gasteiger partial charge in [0.1, 0.15) is 5.75 Å². The van der Waals surface area contributed by atoms with E-state index < -0.39 is 30.1 Å². The van der Waals surface area contributed by atoms with Gasteiger partial charge in [-0.3, -0.25) is 4.79 Å². The van der Waals surface area contributed by atoms with Crippen molar-refractivity contribution in [3.8, 4) is 11.4 Å². The Labute approximate surface area is 170 Å². The normalized spacial score (nSPS) is 11.3. The lowest BCUT2D eigenvalue weighted by atomic mass is 10.1. The zero-order valence-corrected chi connectivity index (χ0v) is 16.1. The highest BCUT2D eigenvalue weighted by atomic mass is 79.9. The first-order valence-corrected chi connectivity index (χ1v) is 8.86. The minimum absolute atomic E-state index is 0.0141. The molecule has 0 radical (unpaired) electrons. The third-order valence-corrected chi connectivity index (χ3v) is 4.33. The van der Waals surface area contributed by atoms with Crippen molar-refractivity contribution in [3.63, 3.8) is 0 Å². The van der Waals surface area contributed by atoms with Gasteiger partial charge in [-0.25, -0.2) is 9.48 Å². The van der Waals surface area contributed by atoms with Crippen molar-refractivity contribution in [1.82, 2.24) is 9.78 Å². The van der Waals surface area contributed by atoms with Crippen LogP contribution in [-0.2, 0) is 11.0 Å². The Kier molecular flexibility index (Phi) is 5.73. The van der Waals surface area contributed by atoms with Gasteiger partial charge in [0.25, 0.3) is 0 Å². The molecule has 0 aliphatic heterocycles. The van der Waals surface area contributed by atoms with Crippen LogP contribution >= 0.6 is 15.9 Å². The lowest BCUT2D eigenvalue weighted by Gasteiger charge is -2.12. The van der Waals surface area contributed by atoms with Crippen LogP contribution in [0, 0.1) is 0 Å². The van der Waals surface area contributed by atoms with Crippen LogP contribution in [0.5, 0.6) is 5.75 Å². The number of ketones is 1. The minimum Gasteiger partial charge on any atom is -0.481 e. The standard InChI is InChI=1S/C19H12BrF3N2O4/c20-12-5-6-16(29-10-17(26)27)13(7-12)18(28)11-8-24-25(9-11)15-4-2-1-3-14(15)19(21,22)23/h1-9H,10H2,(H,26,27). The van der Waals surface area contributed by atoms with Gasteiger partial charge in [0, 0.05) is 10.7 Å². The monoisotopic (exact) mass is 468 g/mol. The number of alkyl halides is 3. The number of hydrogen-bond donors (Lipinski definition) is 1. The highest BCUT2D eigenvalue weighted by molar-refractivity contribution is 9.10. The quantitative estimate of drug-likeness (QED) is 0.544. The number of rotatable bonds is 6. The second kappa shape index (κ2) is 8.08. The summed E-state index contributed by atoms with van der Waals surface area (Å²) >= 11 is 3.22. The lowest BCUT2D eigenvalue weighted by Crippen LogP contribution is -2.12. The SMILES string of the molecule is O=C(O)COc1ccc(Br)cc1C(=O)c1cnn(-c2ccccc2C(F)(F)F)c1. The zero-order chi connectivity index (χ0) is 21.2. The maximum atomic E-state index is 13.2. The fraction of sp³-hybridized carbons (Fsp3) is 0.105. The summed E-state index contributed by atoms with van der Waals surface area (Å²) in [5.41, 5.74) is -1.06. The van der Waals surface area contributed by atoms with E-state index in [1.807, 2.05) is 0 Å². The first kappa shape index (κ1) is 20.6. The molecule has 0 aliphatic rings. The molecule has 10 heteroatoms. The number of carbonyl (C=O) groups excluding carboxylic acids is 1. The van der Waals surface area contributed by atoms with E-state index in [-0.39, 0.29) is 22.6 Å². The molecule has 0 unspecified atom stereocenters. The summed E-state index contributed by atoms with van der Waals surface area (Å²) in [5.74, 6) is -1.77. The highest BCUT2D eigenvalue weighted by Gasteiger charge is 2.34. The fourth-order valence-electron chi connectivity index (χ4n) is 2.59.